The number of benzene rings is 2. The van der Waals surface area contributed by atoms with Crippen molar-refractivity contribution in [2.24, 2.45) is 11.8 Å². The molecule has 0 bridgehead atoms. The fraction of sp³-hybridized carbons (Fsp3) is 0.476. The van der Waals surface area contributed by atoms with Gasteiger partial charge < -0.3 is 44.6 Å². The van der Waals surface area contributed by atoms with Crippen LogP contribution < -0.4 is 10.6 Å². The van der Waals surface area contributed by atoms with Crippen LogP contribution in [-0.4, -0.2) is 117 Å². The lowest BCUT2D eigenvalue weighted by Gasteiger charge is -2.34. The van der Waals surface area contributed by atoms with E-state index in [2.05, 4.69) is 30.8 Å². The highest BCUT2D eigenvalue weighted by atomic mass is 16.5. The van der Waals surface area contributed by atoms with E-state index in [4.69, 9.17) is 24.2 Å². The van der Waals surface area contributed by atoms with Gasteiger partial charge in [0.2, 0.25) is 11.8 Å². The number of fused-ring (bicyclic) bond motifs is 2. The third kappa shape index (κ3) is 8.15. The predicted octanol–water partition coefficient (Wildman–Crippen LogP) is 5.42. The second-order valence-electron chi connectivity index (χ2n) is 15.8. The number of aromatic amines is 2. The SMILES string of the molecule is COC(=O)NC(C(=O)N1CCCC1c1nc2ccc(-c3cc4ccc(-c5cnc(C6CCCN6C(=O)C(NC(=O)OC)C6CCOCC6)[nH]5)cc4nn3)cc2[nH]1)C(C)C. The first-order chi connectivity index (χ1) is 28.6. The van der Waals surface area contributed by atoms with Crippen LogP contribution in [0.1, 0.15) is 76.1 Å². The van der Waals surface area contributed by atoms with Crippen molar-refractivity contribution in [2.45, 2.75) is 76.5 Å². The molecule has 0 radical (unpaired) electrons. The molecule has 59 heavy (non-hydrogen) atoms. The Bertz CT molecular complexity index is 2350. The van der Waals surface area contributed by atoms with Gasteiger partial charge in [-0.2, -0.15) is 0 Å². The molecular weight excluding hydrogens is 757 g/mol. The molecule has 4 atom stereocenters. The van der Waals surface area contributed by atoms with Gasteiger partial charge in [0.1, 0.15) is 23.7 Å². The smallest absolute Gasteiger partial charge is 0.407 e. The van der Waals surface area contributed by atoms with Crippen molar-refractivity contribution in [3.8, 4) is 22.5 Å². The molecule has 0 saturated carbocycles. The molecule has 3 aliphatic rings. The molecule has 0 aliphatic carbocycles. The van der Waals surface area contributed by atoms with E-state index >= 15 is 0 Å². The Morgan fingerprint density at radius 1 is 0.780 bits per heavy atom. The molecule has 3 saturated heterocycles. The van der Waals surface area contributed by atoms with Gasteiger partial charge in [0.15, 0.2) is 0 Å². The van der Waals surface area contributed by atoms with Crippen LogP contribution in [0, 0.1) is 11.8 Å². The highest BCUT2D eigenvalue weighted by Crippen LogP contribution is 2.36. The molecule has 4 unspecified atom stereocenters. The summed E-state index contributed by atoms with van der Waals surface area (Å²) in [5.74, 6) is 0.931. The number of rotatable bonds is 10. The number of ether oxygens (including phenoxy) is 3. The van der Waals surface area contributed by atoms with E-state index in [0.29, 0.717) is 62.0 Å². The minimum atomic E-state index is -0.710. The molecule has 3 aliphatic heterocycles. The van der Waals surface area contributed by atoms with Crippen LogP contribution in [0.5, 0.6) is 0 Å². The topological polar surface area (TPSA) is 210 Å². The molecule has 6 heterocycles. The molecule has 0 spiro atoms. The lowest BCUT2D eigenvalue weighted by molar-refractivity contribution is -0.137. The summed E-state index contributed by atoms with van der Waals surface area (Å²) in [7, 11) is 2.58. The number of hydrogen-bond donors (Lipinski definition) is 4. The van der Waals surface area contributed by atoms with Crippen molar-refractivity contribution in [2.75, 3.05) is 40.5 Å². The summed E-state index contributed by atoms with van der Waals surface area (Å²) in [6, 6.07) is 12.0. The van der Waals surface area contributed by atoms with Crippen LogP contribution in [0.15, 0.2) is 48.7 Å². The van der Waals surface area contributed by atoms with Gasteiger partial charge in [-0.3, -0.25) is 9.59 Å². The summed E-state index contributed by atoms with van der Waals surface area (Å²) in [6.45, 7) is 6.03. The maximum atomic E-state index is 14.0. The lowest BCUT2D eigenvalue weighted by atomic mass is 9.90. The molecule has 17 heteroatoms. The molecule has 4 N–H and O–H groups in total. The highest BCUT2D eigenvalue weighted by Gasteiger charge is 2.41. The van der Waals surface area contributed by atoms with Crippen molar-refractivity contribution in [3.05, 3.63) is 60.3 Å². The Balaban J connectivity index is 0.977. The van der Waals surface area contributed by atoms with Crippen LogP contribution in [0.4, 0.5) is 9.59 Å². The van der Waals surface area contributed by atoms with E-state index in [-0.39, 0.29) is 35.7 Å². The summed E-state index contributed by atoms with van der Waals surface area (Å²) in [5, 5.41) is 15.6. The van der Waals surface area contributed by atoms with E-state index in [1.165, 1.54) is 14.2 Å². The van der Waals surface area contributed by atoms with Crippen molar-refractivity contribution in [3.63, 3.8) is 0 Å². The third-order valence-corrected chi connectivity index (χ3v) is 11.8. The van der Waals surface area contributed by atoms with Gasteiger partial charge >= 0.3 is 12.2 Å². The number of alkyl carbamates (subject to hydrolysis) is 2. The molecule has 310 valence electrons. The number of nitrogens with one attached hydrogen (secondary N) is 4. The Morgan fingerprint density at radius 3 is 2.20 bits per heavy atom. The average Bonchev–Trinajstić information content (AvgIpc) is 4.10. The predicted molar refractivity (Wildman–Crippen MR) is 217 cm³/mol. The van der Waals surface area contributed by atoms with E-state index in [1.807, 2.05) is 61.2 Å². The number of carbonyl (C=O) groups excluding carboxylic acids is 4. The number of imidazole rings is 2. The summed E-state index contributed by atoms with van der Waals surface area (Å²) >= 11 is 0. The number of carbonyl (C=O) groups is 4. The Labute approximate surface area is 341 Å². The van der Waals surface area contributed by atoms with Crippen LogP contribution in [0.3, 0.4) is 0 Å². The number of H-pyrrole nitrogens is 2. The maximum Gasteiger partial charge on any atom is 0.407 e. The Kier molecular flexibility index (Phi) is 11.5. The number of aromatic nitrogens is 6. The lowest BCUT2D eigenvalue weighted by Crippen LogP contribution is -2.53. The van der Waals surface area contributed by atoms with E-state index < -0.39 is 24.3 Å². The van der Waals surface area contributed by atoms with Gasteiger partial charge in [0.05, 0.1) is 60.4 Å². The molecule has 4 amide bonds. The van der Waals surface area contributed by atoms with Crippen molar-refractivity contribution >= 4 is 45.9 Å². The molecule has 5 aromatic rings. The first-order valence-corrected chi connectivity index (χ1v) is 20.3. The van der Waals surface area contributed by atoms with Crippen LogP contribution in [0.2, 0.25) is 0 Å². The minimum absolute atomic E-state index is 0.0429. The van der Waals surface area contributed by atoms with E-state index in [0.717, 1.165) is 58.9 Å². The number of methoxy groups -OCH3 is 2. The fourth-order valence-electron chi connectivity index (χ4n) is 8.65. The van der Waals surface area contributed by atoms with E-state index in [9.17, 15) is 19.2 Å². The number of amides is 4. The Hall–Kier alpha value is -6.10. The molecule has 17 nitrogen and oxygen atoms in total. The molecule has 3 fully saturated rings. The van der Waals surface area contributed by atoms with Gasteiger partial charge in [-0.25, -0.2) is 19.6 Å². The van der Waals surface area contributed by atoms with Crippen molar-refractivity contribution < 1.29 is 33.4 Å². The monoisotopic (exact) mass is 806 g/mol. The fourth-order valence-corrected chi connectivity index (χ4v) is 8.65. The van der Waals surface area contributed by atoms with Gasteiger partial charge in [-0.1, -0.05) is 32.0 Å². The summed E-state index contributed by atoms with van der Waals surface area (Å²) in [5.41, 5.74) is 5.55. The first-order valence-electron chi connectivity index (χ1n) is 20.3. The van der Waals surface area contributed by atoms with Gasteiger partial charge in [-0.05, 0) is 74.6 Å². The quantitative estimate of drug-likeness (QED) is 0.140. The summed E-state index contributed by atoms with van der Waals surface area (Å²) in [4.78, 5) is 72.0. The largest absolute Gasteiger partial charge is 0.453 e. The summed E-state index contributed by atoms with van der Waals surface area (Å²) < 4.78 is 15.2. The molecule has 3 aromatic heterocycles. The van der Waals surface area contributed by atoms with Gasteiger partial charge in [0.25, 0.3) is 0 Å². The normalized spacial score (nSPS) is 19.6. The van der Waals surface area contributed by atoms with Crippen LogP contribution >= 0.6 is 0 Å². The first kappa shape index (κ1) is 39.7. The van der Waals surface area contributed by atoms with Gasteiger partial charge in [-0.15, -0.1) is 10.2 Å². The average molecular weight is 807 g/mol. The maximum absolute atomic E-state index is 14.0. The second kappa shape index (κ2) is 17.0. The minimum Gasteiger partial charge on any atom is -0.453 e. The number of likely N-dealkylation sites (tertiary alicyclic amines) is 2. The number of hydrogen-bond acceptors (Lipinski definition) is 11. The van der Waals surface area contributed by atoms with Crippen LogP contribution in [0.25, 0.3) is 44.5 Å². The zero-order chi connectivity index (χ0) is 41.2. The standard InChI is InChI=1S/C42H50N10O7/c1-23(2)35(47-41(55)57-3)39(53)52-16-6-8-34(52)38-44-28-12-11-26(21-31(28)45-38)29-19-25-9-10-27(20-30(25)50-49-29)32-22-43-37(46-32)33-7-5-15-51(33)40(54)36(48-42(56)58-4)24-13-17-59-18-14-24/h9-12,19-24,33-36H,5-8,13-18H2,1-4H3,(H,43,46)(H,44,45)(H,47,55)(H,48,56). The third-order valence-electron chi connectivity index (χ3n) is 11.8. The molecule has 2 aromatic carbocycles. The molecule has 8 rings (SSSR count). The van der Waals surface area contributed by atoms with Crippen molar-refractivity contribution in [1.29, 1.82) is 0 Å². The Morgan fingerprint density at radius 2 is 1.47 bits per heavy atom. The van der Waals surface area contributed by atoms with Crippen molar-refractivity contribution in [1.82, 2.24) is 50.6 Å². The molecular formula is C42H50N10O7. The van der Waals surface area contributed by atoms with Gasteiger partial charge in [0, 0.05) is 42.8 Å². The number of nitrogens with zero attached hydrogens (tertiary/aromatic N) is 6. The zero-order valence-electron chi connectivity index (χ0n) is 33.7. The van der Waals surface area contributed by atoms with E-state index in [1.54, 1.807) is 11.1 Å². The highest BCUT2D eigenvalue weighted by molar-refractivity contribution is 5.89. The second-order valence-corrected chi connectivity index (χ2v) is 15.8. The van der Waals surface area contributed by atoms with Crippen LogP contribution in [-0.2, 0) is 23.8 Å². The zero-order valence-corrected chi connectivity index (χ0v) is 33.7. The summed E-state index contributed by atoms with van der Waals surface area (Å²) in [6.07, 6.45) is 5.04.